The fraction of sp³-hybridized carbons (Fsp3) is 0.250. The van der Waals surface area contributed by atoms with Crippen LogP contribution in [0.3, 0.4) is 0 Å². The zero-order valence-electron chi connectivity index (χ0n) is 14.8. The molecule has 0 aromatic heterocycles. The summed E-state index contributed by atoms with van der Waals surface area (Å²) in [6.07, 6.45) is 0.00491. The molecule has 0 unspecified atom stereocenters. The Morgan fingerprint density at radius 1 is 0.852 bits per heavy atom. The fourth-order valence-corrected chi connectivity index (χ4v) is 2.29. The summed E-state index contributed by atoms with van der Waals surface area (Å²) in [5, 5.41) is 13.8. The first-order valence-corrected chi connectivity index (χ1v) is 8.58. The predicted octanol–water partition coefficient (Wildman–Crippen LogP) is 2.36. The molecular weight excluding hydrogens is 348 g/mol. The summed E-state index contributed by atoms with van der Waals surface area (Å²) >= 11 is 0. The van der Waals surface area contributed by atoms with E-state index < -0.39 is 12.1 Å². The van der Waals surface area contributed by atoms with Crippen molar-refractivity contribution < 1.29 is 24.2 Å². The summed E-state index contributed by atoms with van der Waals surface area (Å²) in [6.45, 7) is 0.723. The first-order valence-electron chi connectivity index (χ1n) is 8.58. The average molecular weight is 370 g/mol. The molecule has 3 N–H and O–H groups in total. The fourth-order valence-electron chi connectivity index (χ4n) is 2.29. The topological polar surface area (TPSA) is 105 Å². The van der Waals surface area contributed by atoms with Crippen LogP contribution in [0.2, 0.25) is 0 Å². The standard InChI is InChI=1S/C20H22N2O5/c23-18(24)11-13-21-19(25)17-8-6-15(7-9-17)10-12-22-20(26)27-14-16-4-2-1-3-5-16/h1-9H,10-14H2,(H,21,25)(H,22,26)(H,23,24). The van der Waals surface area contributed by atoms with Crippen LogP contribution in [0, 0.1) is 0 Å². The van der Waals surface area contributed by atoms with Crippen LogP contribution in [-0.2, 0) is 22.6 Å². The second-order valence-corrected chi connectivity index (χ2v) is 5.84. The monoisotopic (exact) mass is 370 g/mol. The normalized spacial score (nSPS) is 10.1. The van der Waals surface area contributed by atoms with E-state index in [0.717, 1.165) is 11.1 Å². The van der Waals surface area contributed by atoms with Gasteiger partial charge < -0.3 is 20.5 Å². The van der Waals surface area contributed by atoms with Gasteiger partial charge in [-0.05, 0) is 29.7 Å². The molecule has 0 bridgehead atoms. The molecular formula is C20H22N2O5. The van der Waals surface area contributed by atoms with E-state index in [1.54, 1.807) is 24.3 Å². The lowest BCUT2D eigenvalue weighted by Crippen LogP contribution is -2.26. The van der Waals surface area contributed by atoms with Gasteiger partial charge in [0.25, 0.3) is 5.91 Å². The summed E-state index contributed by atoms with van der Waals surface area (Å²) in [6, 6.07) is 16.3. The molecule has 2 aromatic carbocycles. The van der Waals surface area contributed by atoms with Crippen molar-refractivity contribution >= 4 is 18.0 Å². The van der Waals surface area contributed by atoms with Gasteiger partial charge in [0.05, 0.1) is 6.42 Å². The lowest BCUT2D eigenvalue weighted by Gasteiger charge is -2.08. The molecule has 0 heterocycles. The van der Waals surface area contributed by atoms with Gasteiger partial charge >= 0.3 is 12.1 Å². The third-order valence-electron chi connectivity index (χ3n) is 3.74. The Bertz CT molecular complexity index is 760. The van der Waals surface area contributed by atoms with Gasteiger partial charge in [-0.2, -0.15) is 0 Å². The van der Waals surface area contributed by atoms with Crippen LogP contribution in [0.5, 0.6) is 0 Å². The van der Waals surface area contributed by atoms with E-state index in [1.165, 1.54) is 0 Å². The first-order chi connectivity index (χ1) is 13.0. The van der Waals surface area contributed by atoms with Crippen molar-refractivity contribution in [3.8, 4) is 0 Å². The highest BCUT2D eigenvalue weighted by molar-refractivity contribution is 5.94. The lowest BCUT2D eigenvalue weighted by molar-refractivity contribution is -0.136. The Hall–Kier alpha value is -3.35. The number of carboxylic acid groups (broad SMARTS) is 1. The quantitative estimate of drug-likeness (QED) is 0.628. The van der Waals surface area contributed by atoms with Gasteiger partial charge in [0, 0.05) is 18.7 Å². The number of rotatable bonds is 9. The second-order valence-electron chi connectivity index (χ2n) is 5.84. The van der Waals surface area contributed by atoms with E-state index in [0.29, 0.717) is 18.5 Å². The van der Waals surface area contributed by atoms with Crippen LogP contribution in [0.4, 0.5) is 4.79 Å². The summed E-state index contributed by atoms with van der Waals surface area (Å²) in [7, 11) is 0. The Morgan fingerprint density at radius 3 is 2.22 bits per heavy atom. The zero-order valence-corrected chi connectivity index (χ0v) is 14.8. The van der Waals surface area contributed by atoms with Gasteiger partial charge in [0.2, 0.25) is 0 Å². The Kier molecular flexibility index (Phi) is 7.84. The third-order valence-corrected chi connectivity index (χ3v) is 3.74. The molecule has 0 spiro atoms. The highest BCUT2D eigenvalue weighted by Gasteiger charge is 2.07. The molecule has 142 valence electrons. The van der Waals surface area contributed by atoms with Gasteiger partial charge in [-0.1, -0.05) is 42.5 Å². The number of hydrogen-bond acceptors (Lipinski definition) is 4. The lowest BCUT2D eigenvalue weighted by atomic mass is 10.1. The number of alkyl carbamates (subject to hydrolysis) is 1. The molecule has 7 heteroatoms. The number of aliphatic carboxylic acids is 1. The Labute approximate surface area is 157 Å². The summed E-state index contributed by atoms with van der Waals surface area (Å²) in [5.41, 5.74) is 2.34. The number of hydrogen-bond donors (Lipinski definition) is 3. The molecule has 0 radical (unpaired) electrons. The van der Waals surface area contributed by atoms with Crippen LogP contribution >= 0.6 is 0 Å². The highest BCUT2D eigenvalue weighted by Crippen LogP contribution is 2.05. The molecule has 2 aromatic rings. The number of carbonyl (C=O) groups excluding carboxylic acids is 2. The third kappa shape index (κ3) is 7.60. The van der Waals surface area contributed by atoms with Gasteiger partial charge in [-0.15, -0.1) is 0 Å². The van der Waals surface area contributed by atoms with Crippen LogP contribution in [0.25, 0.3) is 0 Å². The van der Waals surface area contributed by atoms with E-state index in [-0.39, 0.29) is 25.5 Å². The zero-order chi connectivity index (χ0) is 19.5. The van der Waals surface area contributed by atoms with Crippen molar-refractivity contribution in [2.24, 2.45) is 0 Å². The largest absolute Gasteiger partial charge is 0.481 e. The molecule has 0 saturated carbocycles. The van der Waals surface area contributed by atoms with Gasteiger partial charge in [0.15, 0.2) is 0 Å². The molecule has 2 rings (SSSR count). The van der Waals surface area contributed by atoms with Crippen LogP contribution in [-0.4, -0.2) is 36.2 Å². The number of carboxylic acids is 1. The molecule has 0 aliphatic rings. The molecule has 0 fully saturated rings. The molecule has 7 nitrogen and oxygen atoms in total. The summed E-state index contributed by atoms with van der Waals surface area (Å²) < 4.78 is 5.13. The number of amides is 2. The molecule has 27 heavy (non-hydrogen) atoms. The number of benzene rings is 2. The summed E-state index contributed by atoms with van der Waals surface area (Å²) in [4.78, 5) is 34.0. The van der Waals surface area contributed by atoms with Crippen molar-refractivity contribution in [3.05, 3.63) is 71.3 Å². The van der Waals surface area contributed by atoms with Crippen molar-refractivity contribution in [2.45, 2.75) is 19.4 Å². The van der Waals surface area contributed by atoms with E-state index >= 15 is 0 Å². The van der Waals surface area contributed by atoms with Crippen LogP contribution in [0.15, 0.2) is 54.6 Å². The number of carbonyl (C=O) groups is 3. The predicted molar refractivity (Wildman–Crippen MR) is 99.4 cm³/mol. The Balaban J connectivity index is 1.67. The minimum absolute atomic E-state index is 0.0882. The molecule has 0 aliphatic carbocycles. The molecule has 0 atom stereocenters. The van der Waals surface area contributed by atoms with E-state index in [9.17, 15) is 14.4 Å². The van der Waals surface area contributed by atoms with E-state index in [2.05, 4.69) is 10.6 Å². The van der Waals surface area contributed by atoms with Gasteiger partial charge in [-0.25, -0.2) is 4.79 Å². The Morgan fingerprint density at radius 2 is 1.56 bits per heavy atom. The summed E-state index contributed by atoms with van der Waals surface area (Å²) in [5.74, 6) is -1.27. The minimum atomic E-state index is -0.958. The second kappa shape index (κ2) is 10.6. The van der Waals surface area contributed by atoms with Crippen LogP contribution in [0.1, 0.15) is 27.9 Å². The molecule has 0 saturated heterocycles. The highest BCUT2D eigenvalue weighted by atomic mass is 16.5. The maximum atomic E-state index is 11.9. The van der Waals surface area contributed by atoms with Crippen molar-refractivity contribution in [3.63, 3.8) is 0 Å². The molecule has 0 aliphatic heterocycles. The van der Waals surface area contributed by atoms with Crippen molar-refractivity contribution in [1.29, 1.82) is 0 Å². The van der Waals surface area contributed by atoms with Gasteiger partial charge in [0.1, 0.15) is 6.61 Å². The van der Waals surface area contributed by atoms with Crippen LogP contribution < -0.4 is 10.6 Å². The van der Waals surface area contributed by atoms with E-state index in [1.807, 2.05) is 30.3 Å². The van der Waals surface area contributed by atoms with Crippen molar-refractivity contribution in [2.75, 3.05) is 13.1 Å². The van der Waals surface area contributed by atoms with Crippen molar-refractivity contribution in [1.82, 2.24) is 10.6 Å². The number of ether oxygens (including phenoxy) is 1. The average Bonchev–Trinajstić information content (AvgIpc) is 2.67. The SMILES string of the molecule is O=C(O)CCNC(=O)c1ccc(CCNC(=O)OCc2ccccc2)cc1. The number of nitrogens with one attached hydrogen (secondary N) is 2. The maximum Gasteiger partial charge on any atom is 0.407 e. The smallest absolute Gasteiger partial charge is 0.407 e. The van der Waals surface area contributed by atoms with E-state index in [4.69, 9.17) is 9.84 Å². The first kappa shape index (κ1) is 20.0. The van der Waals surface area contributed by atoms with Gasteiger partial charge in [-0.3, -0.25) is 9.59 Å². The maximum absolute atomic E-state index is 11.9. The molecule has 2 amide bonds. The minimum Gasteiger partial charge on any atom is -0.481 e.